The molecule has 0 aliphatic heterocycles. The van der Waals surface area contributed by atoms with Gasteiger partial charge < -0.3 is 10.6 Å². The third-order valence-corrected chi connectivity index (χ3v) is 5.37. The normalized spacial score (nSPS) is 11.9. The maximum atomic E-state index is 12.6. The number of alkyl halides is 3. The average molecular weight is 451 g/mol. The molecule has 0 saturated heterocycles. The first-order chi connectivity index (χ1) is 13.6. The predicted octanol–water partition coefficient (Wildman–Crippen LogP) is 2.65. The van der Waals surface area contributed by atoms with Crippen LogP contribution in [0.4, 0.5) is 19.0 Å². The summed E-state index contributed by atoms with van der Waals surface area (Å²) in [4.78, 5) is 15.5. The molecule has 2 rings (SSSR count). The van der Waals surface area contributed by atoms with Crippen molar-refractivity contribution < 1.29 is 26.4 Å². The Morgan fingerprint density at radius 2 is 1.79 bits per heavy atom. The molecular formula is C17H18ClF3N4O3S. The Morgan fingerprint density at radius 3 is 2.41 bits per heavy atom. The van der Waals surface area contributed by atoms with Gasteiger partial charge in [0.25, 0.3) is 0 Å². The summed E-state index contributed by atoms with van der Waals surface area (Å²) in [6.07, 6.45) is -3.96. The highest BCUT2D eigenvalue weighted by Crippen LogP contribution is 2.32. The Kier molecular flexibility index (Phi) is 7.82. The van der Waals surface area contributed by atoms with E-state index < -0.39 is 27.7 Å². The molecule has 3 N–H and O–H groups in total. The van der Waals surface area contributed by atoms with E-state index in [0.717, 1.165) is 6.07 Å². The summed E-state index contributed by atoms with van der Waals surface area (Å²) in [5.74, 6) is -0.335. The van der Waals surface area contributed by atoms with E-state index in [0.29, 0.717) is 6.20 Å². The number of rotatable bonds is 9. The molecule has 0 radical (unpaired) electrons. The monoisotopic (exact) mass is 450 g/mol. The smallest absolute Gasteiger partial charge is 0.367 e. The summed E-state index contributed by atoms with van der Waals surface area (Å²) in [7, 11) is -3.68. The van der Waals surface area contributed by atoms with Gasteiger partial charge in [0.05, 0.1) is 15.5 Å². The van der Waals surface area contributed by atoms with E-state index in [1.165, 1.54) is 12.1 Å². The minimum atomic E-state index is -4.54. The van der Waals surface area contributed by atoms with Gasteiger partial charge in [0, 0.05) is 32.3 Å². The Bertz CT molecular complexity index is 941. The van der Waals surface area contributed by atoms with Gasteiger partial charge in [0.15, 0.2) is 0 Å². The van der Waals surface area contributed by atoms with E-state index >= 15 is 0 Å². The van der Waals surface area contributed by atoms with Gasteiger partial charge in [-0.15, -0.1) is 0 Å². The third-order valence-electron chi connectivity index (χ3n) is 3.61. The van der Waals surface area contributed by atoms with E-state index in [4.69, 9.17) is 11.6 Å². The lowest BCUT2D eigenvalue weighted by Gasteiger charge is -2.11. The number of halogens is 4. The van der Waals surface area contributed by atoms with E-state index in [1.807, 2.05) is 0 Å². The van der Waals surface area contributed by atoms with Crippen LogP contribution in [-0.2, 0) is 21.0 Å². The summed E-state index contributed by atoms with van der Waals surface area (Å²) in [5.41, 5.74) is -0.959. The van der Waals surface area contributed by atoms with Crippen LogP contribution in [0.3, 0.4) is 0 Å². The van der Waals surface area contributed by atoms with Crippen LogP contribution >= 0.6 is 11.6 Å². The van der Waals surface area contributed by atoms with Crippen molar-refractivity contribution in [2.75, 3.05) is 25.0 Å². The molecule has 2 aromatic rings. The van der Waals surface area contributed by atoms with Crippen LogP contribution in [0.25, 0.3) is 0 Å². The van der Waals surface area contributed by atoms with Gasteiger partial charge in [-0.3, -0.25) is 4.79 Å². The second-order valence-electron chi connectivity index (χ2n) is 5.79. The minimum Gasteiger partial charge on any atom is -0.367 e. The number of hydrogen-bond acceptors (Lipinski definition) is 5. The minimum absolute atomic E-state index is 0.0598. The van der Waals surface area contributed by atoms with Crippen LogP contribution < -0.4 is 15.4 Å². The van der Waals surface area contributed by atoms with Crippen LogP contribution in [0, 0.1) is 0 Å². The molecule has 29 heavy (non-hydrogen) atoms. The zero-order chi connectivity index (χ0) is 21.5. The van der Waals surface area contributed by atoms with E-state index in [9.17, 15) is 26.4 Å². The van der Waals surface area contributed by atoms with Gasteiger partial charge in [0.2, 0.25) is 15.9 Å². The first-order valence-corrected chi connectivity index (χ1v) is 10.2. The van der Waals surface area contributed by atoms with Crippen LogP contribution in [0.5, 0.6) is 0 Å². The standard InChI is InChI=1S/C17H18ClF3N4O3S/c18-14-10-12(17(19,20)21)11-24-16(14)23-9-8-22-15(26)6-7-25-29(27,28)13-4-2-1-3-5-13/h1-5,10-11,25H,6-9H2,(H,22,26)(H,23,24). The highest BCUT2D eigenvalue weighted by atomic mass is 35.5. The van der Waals surface area contributed by atoms with Gasteiger partial charge in [-0.05, 0) is 18.2 Å². The highest BCUT2D eigenvalue weighted by molar-refractivity contribution is 7.89. The summed E-state index contributed by atoms with van der Waals surface area (Å²) < 4.78 is 64.0. The molecule has 0 aliphatic rings. The van der Waals surface area contributed by atoms with Crippen LogP contribution in [0.1, 0.15) is 12.0 Å². The number of aromatic nitrogens is 1. The van der Waals surface area contributed by atoms with Crippen molar-refractivity contribution in [3.8, 4) is 0 Å². The molecule has 0 fully saturated rings. The van der Waals surface area contributed by atoms with Gasteiger partial charge in [0.1, 0.15) is 5.82 Å². The molecule has 1 heterocycles. The number of nitrogens with one attached hydrogen (secondary N) is 3. The number of pyridine rings is 1. The second-order valence-corrected chi connectivity index (χ2v) is 7.96. The maximum Gasteiger partial charge on any atom is 0.417 e. The average Bonchev–Trinajstić information content (AvgIpc) is 2.66. The number of sulfonamides is 1. The number of carbonyl (C=O) groups excluding carboxylic acids is 1. The summed E-state index contributed by atoms with van der Waals surface area (Å²) in [5, 5.41) is 5.07. The zero-order valence-electron chi connectivity index (χ0n) is 15.0. The maximum absolute atomic E-state index is 12.6. The summed E-state index contributed by atoms with van der Waals surface area (Å²) in [6, 6.07) is 8.50. The van der Waals surface area contributed by atoms with Gasteiger partial charge in [-0.25, -0.2) is 18.1 Å². The molecule has 1 amide bonds. The fourth-order valence-electron chi connectivity index (χ4n) is 2.18. The lowest BCUT2D eigenvalue weighted by Crippen LogP contribution is -2.33. The Balaban J connectivity index is 1.70. The molecule has 158 valence electrons. The molecule has 0 saturated carbocycles. The van der Waals surface area contributed by atoms with Crippen LogP contribution in [0.15, 0.2) is 47.5 Å². The van der Waals surface area contributed by atoms with Gasteiger partial charge >= 0.3 is 6.18 Å². The summed E-state index contributed by atoms with van der Waals surface area (Å²) >= 11 is 5.76. The lowest BCUT2D eigenvalue weighted by molar-refractivity contribution is -0.137. The number of nitrogens with zero attached hydrogens (tertiary/aromatic N) is 1. The number of hydrogen-bond donors (Lipinski definition) is 3. The van der Waals surface area contributed by atoms with Crippen molar-refractivity contribution in [1.82, 2.24) is 15.0 Å². The molecule has 0 spiro atoms. The molecule has 0 atom stereocenters. The number of carbonyl (C=O) groups is 1. The Labute approximate surface area is 170 Å². The number of anilines is 1. The van der Waals surface area contributed by atoms with Crippen molar-refractivity contribution in [1.29, 1.82) is 0 Å². The summed E-state index contributed by atoms with van der Waals surface area (Å²) in [6.45, 7) is 0.228. The largest absolute Gasteiger partial charge is 0.417 e. The lowest BCUT2D eigenvalue weighted by atomic mass is 10.3. The SMILES string of the molecule is O=C(CCNS(=O)(=O)c1ccccc1)NCCNc1ncc(C(F)(F)F)cc1Cl. The molecule has 0 bridgehead atoms. The van der Waals surface area contributed by atoms with Gasteiger partial charge in [-0.2, -0.15) is 13.2 Å². The Morgan fingerprint density at radius 1 is 1.10 bits per heavy atom. The van der Waals surface area contributed by atoms with E-state index in [1.54, 1.807) is 18.2 Å². The predicted molar refractivity (Wildman–Crippen MR) is 102 cm³/mol. The highest BCUT2D eigenvalue weighted by Gasteiger charge is 2.31. The molecule has 1 aromatic carbocycles. The number of benzene rings is 1. The molecular weight excluding hydrogens is 433 g/mol. The quantitative estimate of drug-likeness (QED) is 0.510. The fraction of sp³-hybridized carbons (Fsp3) is 0.294. The first kappa shape index (κ1) is 22.9. The van der Waals surface area contributed by atoms with Crippen molar-refractivity contribution >= 4 is 33.3 Å². The molecule has 0 aliphatic carbocycles. The number of amides is 1. The van der Waals surface area contributed by atoms with Crippen molar-refractivity contribution in [2.45, 2.75) is 17.5 Å². The van der Waals surface area contributed by atoms with Crippen molar-refractivity contribution in [3.63, 3.8) is 0 Å². The van der Waals surface area contributed by atoms with Gasteiger partial charge in [-0.1, -0.05) is 29.8 Å². The molecule has 0 unspecified atom stereocenters. The second kappa shape index (κ2) is 9.90. The van der Waals surface area contributed by atoms with Crippen molar-refractivity contribution in [2.24, 2.45) is 0 Å². The Hall–Kier alpha value is -2.37. The topological polar surface area (TPSA) is 100 Å². The molecule has 1 aromatic heterocycles. The van der Waals surface area contributed by atoms with E-state index in [2.05, 4.69) is 20.3 Å². The van der Waals surface area contributed by atoms with Crippen LogP contribution in [0.2, 0.25) is 5.02 Å². The zero-order valence-corrected chi connectivity index (χ0v) is 16.5. The third kappa shape index (κ3) is 7.18. The van der Waals surface area contributed by atoms with Crippen LogP contribution in [-0.4, -0.2) is 38.9 Å². The molecule has 12 heteroatoms. The molecule has 7 nitrogen and oxygen atoms in total. The first-order valence-electron chi connectivity index (χ1n) is 8.37. The van der Waals surface area contributed by atoms with Crippen molar-refractivity contribution in [3.05, 3.63) is 53.2 Å². The van der Waals surface area contributed by atoms with E-state index in [-0.39, 0.29) is 41.8 Å². The fourth-order valence-corrected chi connectivity index (χ4v) is 3.46.